The molecule has 0 fully saturated rings. The van der Waals surface area contributed by atoms with E-state index >= 15 is 0 Å². The van der Waals surface area contributed by atoms with Crippen LogP contribution in [0.4, 0.5) is 13.2 Å². The van der Waals surface area contributed by atoms with Crippen molar-refractivity contribution in [2.24, 2.45) is 10.6 Å². The van der Waals surface area contributed by atoms with Crippen molar-refractivity contribution in [3.05, 3.63) is 59.2 Å². The fourth-order valence-corrected chi connectivity index (χ4v) is 3.84. The quantitative estimate of drug-likeness (QED) is 0.476. The van der Waals surface area contributed by atoms with Crippen LogP contribution in [0.1, 0.15) is 50.3 Å². The highest BCUT2D eigenvalue weighted by Crippen LogP contribution is 2.31. The molecule has 1 unspecified atom stereocenters. The standard InChI is InChI=1S/C26H31F3N2O4/c1-25(2,3)14-24(32)31(15-17-7-6-8-19(11-17)26(27,28)29)16-20-13-21(30-35-20)18-9-10-22(33-4)23(12-18)34-5/h6-12,20H,13-16H2,1-5H3. The van der Waals surface area contributed by atoms with E-state index in [1.54, 1.807) is 37.3 Å². The molecule has 1 atom stereocenters. The Labute approximate surface area is 203 Å². The maximum Gasteiger partial charge on any atom is 0.416 e. The number of methoxy groups -OCH3 is 2. The minimum atomic E-state index is -4.45. The van der Waals surface area contributed by atoms with Gasteiger partial charge in [-0.3, -0.25) is 4.79 Å². The number of ether oxygens (including phenoxy) is 2. The number of hydrogen-bond acceptors (Lipinski definition) is 5. The molecule has 2 aromatic rings. The van der Waals surface area contributed by atoms with Crippen LogP contribution in [0.15, 0.2) is 47.6 Å². The molecule has 1 heterocycles. The molecule has 1 aliphatic rings. The van der Waals surface area contributed by atoms with E-state index in [1.165, 1.54) is 6.07 Å². The molecule has 0 radical (unpaired) electrons. The number of halogens is 3. The summed E-state index contributed by atoms with van der Waals surface area (Å²) in [6.07, 6.45) is -4.18. The van der Waals surface area contributed by atoms with Crippen molar-refractivity contribution < 1.29 is 32.3 Å². The second kappa shape index (κ2) is 10.6. The van der Waals surface area contributed by atoms with E-state index in [0.29, 0.717) is 29.2 Å². The van der Waals surface area contributed by atoms with Gasteiger partial charge >= 0.3 is 6.18 Å². The van der Waals surface area contributed by atoms with Gasteiger partial charge in [0.15, 0.2) is 17.6 Å². The van der Waals surface area contributed by atoms with Gasteiger partial charge in [0, 0.05) is 24.9 Å². The fraction of sp³-hybridized carbons (Fsp3) is 0.462. The van der Waals surface area contributed by atoms with Crippen LogP contribution in [0.25, 0.3) is 0 Å². The van der Waals surface area contributed by atoms with E-state index < -0.39 is 17.8 Å². The molecule has 1 amide bonds. The van der Waals surface area contributed by atoms with Crippen LogP contribution in [0.3, 0.4) is 0 Å². The Morgan fingerprint density at radius 2 is 1.80 bits per heavy atom. The van der Waals surface area contributed by atoms with Crippen molar-refractivity contribution in [1.82, 2.24) is 4.90 Å². The van der Waals surface area contributed by atoms with Crippen LogP contribution in [0.5, 0.6) is 11.5 Å². The van der Waals surface area contributed by atoms with Crippen LogP contribution in [-0.2, 0) is 22.4 Å². The Hall–Kier alpha value is -3.23. The lowest BCUT2D eigenvalue weighted by atomic mass is 9.91. The third-order valence-electron chi connectivity index (χ3n) is 5.54. The van der Waals surface area contributed by atoms with Crippen molar-refractivity contribution in [2.75, 3.05) is 20.8 Å². The maximum atomic E-state index is 13.2. The normalized spacial score (nSPS) is 15.9. The molecule has 0 aromatic heterocycles. The number of hydrogen-bond donors (Lipinski definition) is 0. The molecule has 0 saturated carbocycles. The topological polar surface area (TPSA) is 60.4 Å². The van der Waals surface area contributed by atoms with E-state index in [0.717, 1.165) is 17.7 Å². The minimum Gasteiger partial charge on any atom is -0.493 e. The van der Waals surface area contributed by atoms with Gasteiger partial charge in [-0.2, -0.15) is 13.2 Å². The lowest BCUT2D eigenvalue weighted by molar-refractivity contribution is -0.137. The zero-order chi connectivity index (χ0) is 25.8. The van der Waals surface area contributed by atoms with Gasteiger partial charge in [-0.15, -0.1) is 0 Å². The molecule has 9 heteroatoms. The number of carbonyl (C=O) groups is 1. The molecule has 190 valence electrons. The number of oxime groups is 1. The first-order valence-corrected chi connectivity index (χ1v) is 11.3. The number of carbonyl (C=O) groups excluding carboxylic acids is 1. The molecular formula is C26H31F3N2O4. The molecule has 0 aliphatic carbocycles. The van der Waals surface area contributed by atoms with Crippen molar-refractivity contribution in [3.63, 3.8) is 0 Å². The van der Waals surface area contributed by atoms with Crippen LogP contribution in [-0.4, -0.2) is 43.4 Å². The molecule has 2 aromatic carbocycles. The van der Waals surface area contributed by atoms with E-state index in [2.05, 4.69) is 5.16 Å². The summed E-state index contributed by atoms with van der Waals surface area (Å²) in [7, 11) is 3.10. The van der Waals surface area contributed by atoms with Gasteiger partial charge in [0.05, 0.1) is 32.0 Å². The Morgan fingerprint density at radius 1 is 1.09 bits per heavy atom. The molecule has 35 heavy (non-hydrogen) atoms. The third kappa shape index (κ3) is 7.13. The predicted octanol–water partition coefficient (Wildman–Crippen LogP) is 5.68. The number of benzene rings is 2. The number of rotatable bonds is 8. The molecule has 0 spiro atoms. The Morgan fingerprint density at radius 3 is 2.43 bits per heavy atom. The van der Waals surface area contributed by atoms with Gasteiger partial charge in [0.2, 0.25) is 5.91 Å². The smallest absolute Gasteiger partial charge is 0.416 e. The first kappa shape index (κ1) is 26.4. The second-order valence-corrected chi connectivity index (χ2v) is 9.75. The van der Waals surface area contributed by atoms with E-state index in [9.17, 15) is 18.0 Å². The lowest BCUT2D eigenvalue weighted by Gasteiger charge is -2.28. The number of amides is 1. The Kier molecular flexibility index (Phi) is 7.97. The summed E-state index contributed by atoms with van der Waals surface area (Å²) in [6.45, 7) is 6.07. The molecule has 1 aliphatic heterocycles. The van der Waals surface area contributed by atoms with Crippen molar-refractivity contribution in [2.45, 2.75) is 52.4 Å². The number of nitrogens with zero attached hydrogens (tertiary/aromatic N) is 2. The zero-order valence-corrected chi connectivity index (χ0v) is 20.6. The molecule has 0 N–H and O–H groups in total. The third-order valence-corrected chi connectivity index (χ3v) is 5.54. The first-order valence-electron chi connectivity index (χ1n) is 11.3. The van der Waals surface area contributed by atoms with Gasteiger partial charge < -0.3 is 19.2 Å². The second-order valence-electron chi connectivity index (χ2n) is 9.75. The highest BCUT2D eigenvalue weighted by molar-refractivity contribution is 6.01. The summed E-state index contributed by atoms with van der Waals surface area (Å²) in [5.41, 5.74) is 0.880. The molecule has 3 rings (SSSR count). The largest absolute Gasteiger partial charge is 0.493 e. The molecule has 0 bridgehead atoms. The maximum absolute atomic E-state index is 13.2. The van der Waals surface area contributed by atoms with Crippen LogP contribution in [0, 0.1) is 5.41 Å². The summed E-state index contributed by atoms with van der Waals surface area (Å²) in [5.74, 6) is 0.994. The van der Waals surface area contributed by atoms with E-state index in [1.807, 2.05) is 26.8 Å². The molecular weight excluding hydrogens is 461 g/mol. The van der Waals surface area contributed by atoms with Gasteiger partial charge in [-0.25, -0.2) is 0 Å². The van der Waals surface area contributed by atoms with Gasteiger partial charge in [0.25, 0.3) is 0 Å². The summed E-state index contributed by atoms with van der Waals surface area (Å²) in [6, 6.07) is 10.5. The van der Waals surface area contributed by atoms with E-state index in [-0.39, 0.29) is 30.8 Å². The summed E-state index contributed by atoms with van der Waals surface area (Å²) < 4.78 is 50.2. The number of alkyl halides is 3. The zero-order valence-electron chi connectivity index (χ0n) is 20.6. The van der Waals surface area contributed by atoms with Crippen molar-refractivity contribution in [3.8, 4) is 11.5 Å². The van der Waals surface area contributed by atoms with Gasteiger partial charge in [0.1, 0.15) is 0 Å². The highest BCUT2D eigenvalue weighted by Gasteiger charge is 2.32. The SMILES string of the molecule is COc1ccc(C2=NOC(CN(Cc3cccc(C(F)(F)F)c3)C(=O)CC(C)(C)C)C2)cc1OC. The predicted molar refractivity (Wildman–Crippen MR) is 127 cm³/mol. The Balaban J connectivity index is 1.76. The summed E-state index contributed by atoms with van der Waals surface area (Å²) in [4.78, 5) is 20.3. The summed E-state index contributed by atoms with van der Waals surface area (Å²) in [5, 5.41) is 4.19. The van der Waals surface area contributed by atoms with Crippen LogP contribution >= 0.6 is 0 Å². The van der Waals surface area contributed by atoms with Gasteiger partial charge in [-0.1, -0.05) is 38.1 Å². The van der Waals surface area contributed by atoms with Crippen molar-refractivity contribution >= 4 is 11.6 Å². The van der Waals surface area contributed by atoms with Crippen LogP contribution in [0.2, 0.25) is 0 Å². The summed E-state index contributed by atoms with van der Waals surface area (Å²) >= 11 is 0. The first-order chi connectivity index (χ1) is 16.4. The average molecular weight is 493 g/mol. The Bertz CT molecular complexity index is 1080. The molecule has 6 nitrogen and oxygen atoms in total. The van der Waals surface area contributed by atoms with Gasteiger partial charge in [-0.05, 0) is 41.3 Å². The highest BCUT2D eigenvalue weighted by atomic mass is 19.4. The monoisotopic (exact) mass is 492 g/mol. The van der Waals surface area contributed by atoms with Crippen molar-refractivity contribution in [1.29, 1.82) is 0 Å². The average Bonchev–Trinajstić information content (AvgIpc) is 3.25. The lowest BCUT2D eigenvalue weighted by Crippen LogP contribution is -2.38. The van der Waals surface area contributed by atoms with E-state index in [4.69, 9.17) is 14.3 Å². The fourth-order valence-electron chi connectivity index (χ4n) is 3.84. The van der Waals surface area contributed by atoms with Crippen LogP contribution < -0.4 is 9.47 Å². The molecule has 0 saturated heterocycles. The minimum absolute atomic E-state index is 0.0460.